The molecule has 1 unspecified atom stereocenters. The Balaban J connectivity index is 1.78. The molecule has 0 amide bonds. The van der Waals surface area contributed by atoms with E-state index in [0.29, 0.717) is 12.3 Å². The summed E-state index contributed by atoms with van der Waals surface area (Å²) in [4.78, 5) is 13.4. The Morgan fingerprint density at radius 3 is 2.80 bits per heavy atom. The van der Waals surface area contributed by atoms with Crippen molar-refractivity contribution in [3.63, 3.8) is 0 Å². The first kappa shape index (κ1) is 20.7. The van der Waals surface area contributed by atoms with Crippen molar-refractivity contribution < 1.29 is 14.3 Å². The fourth-order valence-corrected chi connectivity index (χ4v) is 4.35. The molecule has 5 nitrogen and oxygen atoms in total. The SMILES string of the molecule is COc1ccc2c(c1)OCc1c(C(=O)C(C)CCC(C)(C)C)nn(-c3ccsc3)c1-2. The fraction of sp³-hybridized carbons (Fsp3) is 0.417. The molecule has 3 aromatic rings. The van der Waals surface area contributed by atoms with Gasteiger partial charge in [0, 0.05) is 28.5 Å². The molecule has 1 atom stereocenters. The highest BCUT2D eigenvalue weighted by atomic mass is 32.1. The van der Waals surface area contributed by atoms with Gasteiger partial charge in [-0.15, -0.1) is 0 Å². The minimum Gasteiger partial charge on any atom is -0.497 e. The van der Waals surface area contributed by atoms with Crippen LogP contribution < -0.4 is 9.47 Å². The number of methoxy groups -OCH3 is 1. The predicted octanol–water partition coefficient (Wildman–Crippen LogP) is 6.15. The zero-order chi connectivity index (χ0) is 21.5. The quantitative estimate of drug-likeness (QED) is 0.446. The van der Waals surface area contributed by atoms with Crippen molar-refractivity contribution in [2.45, 2.75) is 47.1 Å². The molecule has 1 aliphatic heterocycles. The van der Waals surface area contributed by atoms with Crippen molar-refractivity contribution in [1.82, 2.24) is 9.78 Å². The molecule has 0 fully saturated rings. The van der Waals surface area contributed by atoms with E-state index in [1.165, 1.54) is 0 Å². The maximum absolute atomic E-state index is 13.4. The summed E-state index contributed by atoms with van der Waals surface area (Å²) in [7, 11) is 1.64. The third-order valence-corrected chi connectivity index (χ3v) is 6.23. The van der Waals surface area contributed by atoms with Gasteiger partial charge in [0.1, 0.15) is 23.8 Å². The Morgan fingerprint density at radius 1 is 1.33 bits per heavy atom. The number of ketones is 1. The molecule has 6 heteroatoms. The van der Waals surface area contributed by atoms with Crippen molar-refractivity contribution in [2.75, 3.05) is 7.11 Å². The molecule has 0 saturated carbocycles. The Labute approximate surface area is 181 Å². The lowest BCUT2D eigenvalue weighted by Crippen LogP contribution is -2.18. The van der Waals surface area contributed by atoms with Crippen LogP contribution in [-0.2, 0) is 6.61 Å². The summed E-state index contributed by atoms with van der Waals surface area (Å²) in [5.74, 6) is 1.49. The number of hydrogen-bond acceptors (Lipinski definition) is 5. The van der Waals surface area contributed by atoms with E-state index in [9.17, 15) is 4.79 Å². The molecular weight excluding hydrogens is 396 g/mol. The number of aromatic nitrogens is 2. The van der Waals surface area contributed by atoms with Gasteiger partial charge in [0.05, 0.1) is 18.5 Å². The second-order valence-electron chi connectivity index (χ2n) is 9.08. The Morgan fingerprint density at radius 2 is 2.13 bits per heavy atom. The van der Waals surface area contributed by atoms with E-state index in [1.807, 2.05) is 46.6 Å². The molecule has 0 aliphatic carbocycles. The number of fused-ring (bicyclic) bond motifs is 3. The molecule has 1 aliphatic rings. The van der Waals surface area contributed by atoms with E-state index >= 15 is 0 Å². The first-order valence-corrected chi connectivity index (χ1v) is 11.2. The summed E-state index contributed by atoms with van der Waals surface area (Å²) < 4.78 is 13.3. The number of nitrogens with zero attached hydrogens (tertiary/aromatic N) is 2. The summed E-state index contributed by atoms with van der Waals surface area (Å²) in [6.07, 6.45) is 1.84. The topological polar surface area (TPSA) is 53.4 Å². The number of rotatable bonds is 6. The van der Waals surface area contributed by atoms with Gasteiger partial charge in [-0.3, -0.25) is 4.79 Å². The highest BCUT2D eigenvalue weighted by Crippen LogP contribution is 2.42. The second-order valence-corrected chi connectivity index (χ2v) is 9.86. The van der Waals surface area contributed by atoms with Crippen molar-refractivity contribution in [3.05, 3.63) is 46.3 Å². The fourth-order valence-electron chi connectivity index (χ4n) is 3.73. The highest BCUT2D eigenvalue weighted by molar-refractivity contribution is 7.08. The molecule has 30 heavy (non-hydrogen) atoms. The van der Waals surface area contributed by atoms with Crippen LogP contribution in [0.1, 0.15) is 56.6 Å². The van der Waals surface area contributed by atoms with Gasteiger partial charge in [-0.1, -0.05) is 27.7 Å². The van der Waals surface area contributed by atoms with Crippen LogP contribution in [0.25, 0.3) is 16.9 Å². The number of carbonyl (C=O) groups is 1. The highest BCUT2D eigenvalue weighted by Gasteiger charge is 2.32. The average molecular weight is 425 g/mol. The molecule has 1 aromatic carbocycles. The number of benzene rings is 1. The summed E-state index contributed by atoms with van der Waals surface area (Å²) in [5.41, 5.74) is 4.41. The molecular formula is C24H28N2O3S. The van der Waals surface area contributed by atoms with E-state index in [-0.39, 0.29) is 17.1 Å². The smallest absolute Gasteiger partial charge is 0.186 e. The van der Waals surface area contributed by atoms with Crippen LogP contribution in [0.5, 0.6) is 11.5 Å². The monoisotopic (exact) mass is 424 g/mol. The molecule has 2 aromatic heterocycles. The van der Waals surface area contributed by atoms with Crippen LogP contribution in [0.4, 0.5) is 0 Å². The average Bonchev–Trinajstić information content (AvgIpc) is 3.38. The summed E-state index contributed by atoms with van der Waals surface area (Å²) >= 11 is 1.61. The van der Waals surface area contributed by atoms with Crippen LogP contribution in [-0.4, -0.2) is 22.7 Å². The Bertz CT molecular complexity index is 1060. The molecule has 3 heterocycles. The predicted molar refractivity (Wildman–Crippen MR) is 120 cm³/mol. The van der Waals surface area contributed by atoms with Crippen LogP contribution in [0.15, 0.2) is 35.0 Å². The Hall–Kier alpha value is -2.60. The van der Waals surface area contributed by atoms with Crippen LogP contribution in [0.2, 0.25) is 0 Å². The lowest BCUT2D eigenvalue weighted by atomic mass is 9.85. The number of thiophene rings is 1. The van der Waals surface area contributed by atoms with E-state index in [0.717, 1.165) is 46.8 Å². The van der Waals surface area contributed by atoms with E-state index in [1.54, 1.807) is 18.4 Å². The van der Waals surface area contributed by atoms with Crippen molar-refractivity contribution in [3.8, 4) is 28.4 Å². The zero-order valence-corrected chi connectivity index (χ0v) is 19.0. The van der Waals surface area contributed by atoms with Gasteiger partial charge in [0.2, 0.25) is 0 Å². The summed E-state index contributed by atoms with van der Waals surface area (Å²) in [5, 5.41) is 8.87. The van der Waals surface area contributed by atoms with Crippen molar-refractivity contribution in [2.24, 2.45) is 11.3 Å². The molecule has 0 N–H and O–H groups in total. The minimum absolute atomic E-state index is 0.0867. The molecule has 0 spiro atoms. The third kappa shape index (κ3) is 3.88. The van der Waals surface area contributed by atoms with E-state index in [4.69, 9.17) is 14.6 Å². The van der Waals surface area contributed by atoms with E-state index in [2.05, 4.69) is 20.8 Å². The van der Waals surface area contributed by atoms with Crippen LogP contribution in [0.3, 0.4) is 0 Å². The van der Waals surface area contributed by atoms with Crippen molar-refractivity contribution >= 4 is 17.1 Å². The van der Waals surface area contributed by atoms with Crippen LogP contribution in [0, 0.1) is 11.3 Å². The zero-order valence-electron chi connectivity index (χ0n) is 18.2. The molecule has 0 bridgehead atoms. The summed E-state index contributed by atoms with van der Waals surface area (Å²) in [6.45, 7) is 8.95. The number of Topliss-reactive ketones (excluding diaryl/α,β-unsaturated/α-hetero) is 1. The largest absolute Gasteiger partial charge is 0.497 e. The van der Waals surface area contributed by atoms with Crippen molar-refractivity contribution in [1.29, 1.82) is 0 Å². The molecule has 0 radical (unpaired) electrons. The van der Waals surface area contributed by atoms with Gasteiger partial charge in [-0.05, 0) is 41.8 Å². The first-order valence-electron chi connectivity index (χ1n) is 10.3. The number of hydrogen-bond donors (Lipinski definition) is 0. The second kappa shape index (κ2) is 7.91. The summed E-state index contributed by atoms with van der Waals surface area (Å²) in [6, 6.07) is 7.80. The lowest BCUT2D eigenvalue weighted by molar-refractivity contribution is 0.0908. The molecule has 4 rings (SSSR count). The minimum atomic E-state index is -0.0867. The maximum atomic E-state index is 13.4. The van der Waals surface area contributed by atoms with Gasteiger partial charge in [0.15, 0.2) is 5.78 Å². The number of ether oxygens (including phenoxy) is 2. The van der Waals surface area contributed by atoms with Gasteiger partial charge < -0.3 is 9.47 Å². The van der Waals surface area contributed by atoms with Gasteiger partial charge in [0.25, 0.3) is 0 Å². The maximum Gasteiger partial charge on any atom is 0.186 e. The normalized spacial score (nSPS) is 13.9. The number of carbonyl (C=O) groups excluding carboxylic acids is 1. The molecule has 0 saturated heterocycles. The van der Waals surface area contributed by atoms with Gasteiger partial charge in [-0.25, -0.2) is 4.68 Å². The van der Waals surface area contributed by atoms with Crippen LogP contribution >= 0.6 is 11.3 Å². The first-order chi connectivity index (χ1) is 14.3. The van der Waals surface area contributed by atoms with E-state index < -0.39 is 0 Å². The van der Waals surface area contributed by atoms with Gasteiger partial charge >= 0.3 is 0 Å². The third-order valence-electron chi connectivity index (χ3n) is 5.56. The standard InChI is InChI=1S/C24H28N2O3S/c1-15(8-10-24(2,3)4)23(27)21-19-13-29-20-12-17(28-5)6-7-18(20)22(19)26(25-21)16-9-11-30-14-16/h6-7,9,11-12,14-15H,8,10,13H2,1-5H3. The molecule has 158 valence electrons. The Kier molecular flexibility index (Phi) is 5.45. The lowest BCUT2D eigenvalue weighted by Gasteiger charge is -2.21. The van der Waals surface area contributed by atoms with Gasteiger partial charge in [-0.2, -0.15) is 16.4 Å².